The standard InChI is InChI=1S/C22H8Cl10N2S2/c23-11-13(25)17(29)21(18(30)14(11)26)35-33-9-5-6-10(8-4-2-1-3-7(8)9)34-36-22-19(31)15(27)12(24)16(28)20(22)32/h1-6,33-34H. The lowest BCUT2D eigenvalue weighted by Crippen LogP contribution is -1.95. The highest BCUT2D eigenvalue weighted by atomic mass is 35.5. The zero-order valence-electron chi connectivity index (χ0n) is 17.1. The second-order valence-electron chi connectivity index (χ2n) is 6.91. The zero-order chi connectivity index (χ0) is 26.3. The summed E-state index contributed by atoms with van der Waals surface area (Å²) in [5.74, 6) is 0. The molecule has 0 aromatic heterocycles. The first-order chi connectivity index (χ1) is 17.0. The van der Waals surface area contributed by atoms with Crippen molar-refractivity contribution in [2.75, 3.05) is 9.44 Å². The van der Waals surface area contributed by atoms with Crippen LogP contribution < -0.4 is 9.44 Å². The molecule has 4 aromatic rings. The predicted octanol–water partition coefficient (Wildman–Crippen LogP) is 13.6. The second-order valence-corrected chi connectivity index (χ2v) is 12.3. The summed E-state index contributed by atoms with van der Waals surface area (Å²) in [6, 6.07) is 11.5. The average Bonchev–Trinajstić information content (AvgIpc) is 2.89. The number of hydrogen-bond acceptors (Lipinski definition) is 4. The van der Waals surface area contributed by atoms with Crippen LogP contribution in [0.15, 0.2) is 46.2 Å². The van der Waals surface area contributed by atoms with Crippen molar-refractivity contribution in [1.29, 1.82) is 0 Å². The fourth-order valence-corrected chi connectivity index (χ4v) is 7.55. The lowest BCUT2D eigenvalue weighted by Gasteiger charge is -2.17. The summed E-state index contributed by atoms with van der Waals surface area (Å²) in [6.07, 6.45) is 0. The number of anilines is 2. The smallest absolute Gasteiger partial charge is 0.0809 e. The van der Waals surface area contributed by atoms with Gasteiger partial charge in [0.1, 0.15) is 0 Å². The third-order valence-electron chi connectivity index (χ3n) is 4.79. The average molecular weight is 719 g/mol. The Hall–Kier alpha value is 0.340. The first-order valence-corrected chi connectivity index (χ1v) is 14.9. The van der Waals surface area contributed by atoms with Crippen molar-refractivity contribution < 1.29 is 0 Å². The molecular formula is C22H8Cl10N2S2. The maximum atomic E-state index is 6.36. The molecule has 0 aliphatic heterocycles. The van der Waals surface area contributed by atoms with Crippen LogP contribution in [-0.2, 0) is 0 Å². The van der Waals surface area contributed by atoms with Gasteiger partial charge in [-0.3, -0.25) is 0 Å². The number of fused-ring (bicyclic) bond motifs is 1. The predicted molar refractivity (Wildman–Crippen MR) is 166 cm³/mol. The second kappa shape index (κ2) is 12.2. The number of halogens is 10. The van der Waals surface area contributed by atoms with Crippen LogP contribution >= 0.6 is 140 Å². The van der Waals surface area contributed by atoms with Crippen LogP contribution in [0.25, 0.3) is 10.8 Å². The molecule has 0 radical (unpaired) electrons. The molecule has 4 aromatic carbocycles. The van der Waals surface area contributed by atoms with Crippen LogP contribution in [0.2, 0.25) is 50.2 Å². The minimum atomic E-state index is 0.0968. The lowest BCUT2D eigenvalue weighted by molar-refractivity contribution is 1.46. The molecule has 0 atom stereocenters. The summed E-state index contributed by atoms with van der Waals surface area (Å²) in [7, 11) is 0. The van der Waals surface area contributed by atoms with Crippen LogP contribution in [0.1, 0.15) is 0 Å². The van der Waals surface area contributed by atoms with Gasteiger partial charge < -0.3 is 9.44 Å². The zero-order valence-corrected chi connectivity index (χ0v) is 26.3. The van der Waals surface area contributed by atoms with E-state index >= 15 is 0 Å². The highest BCUT2D eigenvalue weighted by Gasteiger charge is 2.22. The van der Waals surface area contributed by atoms with Crippen molar-refractivity contribution in [3.05, 3.63) is 86.6 Å². The van der Waals surface area contributed by atoms with E-state index in [0.717, 1.165) is 46.0 Å². The van der Waals surface area contributed by atoms with Gasteiger partial charge in [-0.1, -0.05) is 140 Å². The summed E-state index contributed by atoms with van der Waals surface area (Å²) in [5, 5.41) is 3.27. The van der Waals surface area contributed by atoms with Crippen LogP contribution in [0.3, 0.4) is 0 Å². The molecule has 0 aliphatic rings. The van der Waals surface area contributed by atoms with Crippen molar-refractivity contribution in [2.45, 2.75) is 9.79 Å². The molecule has 0 spiro atoms. The van der Waals surface area contributed by atoms with Gasteiger partial charge in [-0.15, -0.1) is 0 Å². The normalized spacial score (nSPS) is 11.3. The van der Waals surface area contributed by atoms with Gasteiger partial charge in [0.05, 0.1) is 71.4 Å². The van der Waals surface area contributed by atoms with Crippen LogP contribution in [-0.4, -0.2) is 0 Å². The maximum Gasteiger partial charge on any atom is 0.0809 e. The minimum Gasteiger partial charge on any atom is -0.325 e. The topological polar surface area (TPSA) is 24.1 Å². The molecule has 0 fully saturated rings. The Kier molecular flexibility index (Phi) is 9.97. The molecule has 0 bridgehead atoms. The van der Waals surface area contributed by atoms with E-state index in [1.165, 1.54) is 0 Å². The van der Waals surface area contributed by atoms with Crippen molar-refractivity contribution >= 4 is 162 Å². The van der Waals surface area contributed by atoms with E-state index in [4.69, 9.17) is 116 Å². The van der Waals surface area contributed by atoms with Gasteiger partial charge >= 0.3 is 0 Å². The monoisotopic (exact) mass is 714 g/mol. The summed E-state index contributed by atoms with van der Waals surface area (Å²) in [4.78, 5) is 0.890. The van der Waals surface area contributed by atoms with Crippen molar-refractivity contribution in [3.63, 3.8) is 0 Å². The largest absolute Gasteiger partial charge is 0.325 e. The fraction of sp³-hybridized carbons (Fsp3) is 0. The third kappa shape index (κ3) is 5.63. The van der Waals surface area contributed by atoms with Gasteiger partial charge in [0, 0.05) is 10.8 Å². The van der Waals surface area contributed by atoms with E-state index in [1.54, 1.807) is 0 Å². The third-order valence-corrected chi connectivity index (χ3v) is 11.7. The molecule has 0 heterocycles. The Morgan fingerprint density at radius 1 is 0.389 bits per heavy atom. The molecule has 0 saturated heterocycles. The van der Waals surface area contributed by atoms with Crippen molar-refractivity contribution in [1.82, 2.24) is 0 Å². The van der Waals surface area contributed by atoms with Gasteiger partial charge in [-0.05, 0) is 36.0 Å². The molecule has 2 nitrogen and oxygen atoms in total. The summed E-state index contributed by atoms with van der Waals surface area (Å²) < 4.78 is 6.52. The Bertz CT molecular complexity index is 1340. The summed E-state index contributed by atoms with van der Waals surface area (Å²) in [5.41, 5.74) is 1.57. The molecule has 36 heavy (non-hydrogen) atoms. The van der Waals surface area contributed by atoms with Gasteiger partial charge in [0.2, 0.25) is 0 Å². The van der Waals surface area contributed by atoms with E-state index in [-0.39, 0.29) is 50.2 Å². The Balaban J connectivity index is 1.65. The number of nitrogens with one attached hydrogen (secondary N) is 2. The van der Waals surface area contributed by atoms with Crippen LogP contribution in [0.5, 0.6) is 0 Å². The highest BCUT2D eigenvalue weighted by Crippen LogP contribution is 2.50. The van der Waals surface area contributed by atoms with E-state index in [9.17, 15) is 0 Å². The molecular weight excluding hydrogens is 711 g/mol. The van der Waals surface area contributed by atoms with Crippen molar-refractivity contribution in [3.8, 4) is 0 Å². The van der Waals surface area contributed by atoms with Crippen LogP contribution in [0, 0.1) is 0 Å². The Morgan fingerprint density at radius 3 is 0.972 bits per heavy atom. The Morgan fingerprint density at radius 2 is 0.667 bits per heavy atom. The van der Waals surface area contributed by atoms with Gasteiger partial charge in [-0.25, -0.2) is 0 Å². The molecule has 0 aliphatic carbocycles. The molecule has 2 N–H and O–H groups in total. The lowest BCUT2D eigenvalue weighted by atomic mass is 10.1. The van der Waals surface area contributed by atoms with E-state index < -0.39 is 0 Å². The number of hydrogen-bond donors (Lipinski definition) is 2. The molecule has 0 unspecified atom stereocenters. The van der Waals surface area contributed by atoms with E-state index in [0.29, 0.717) is 9.79 Å². The van der Waals surface area contributed by atoms with Crippen molar-refractivity contribution in [2.24, 2.45) is 0 Å². The van der Waals surface area contributed by atoms with Gasteiger partial charge in [-0.2, -0.15) is 0 Å². The van der Waals surface area contributed by atoms with Crippen LogP contribution in [0.4, 0.5) is 11.4 Å². The molecule has 188 valence electrons. The highest BCUT2D eigenvalue weighted by molar-refractivity contribution is 8.01. The summed E-state index contributed by atoms with van der Waals surface area (Å²) >= 11 is 64.7. The SMILES string of the molecule is Clc1c(Cl)c(Cl)c(SNc2ccc(NSc3c(Cl)c(Cl)c(Cl)c(Cl)c3Cl)c3ccccc23)c(Cl)c1Cl. The summed E-state index contributed by atoms with van der Waals surface area (Å²) in [6.45, 7) is 0. The maximum absolute atomic E-state index is 6.36. The molecule has 0 saturated carbocycles. The first-order valence-electron chi connectivity index (χ1n) is 9.44. The number of rotatable bonds is 6. The minimum absolute atomic E-state index is 0.0968. The molecule has 0 amide bonds. The van der Waals surface area contributed by atoms with Gasteiger partial charge in [0.15, 0.2) is 0 Å². The Labute approximate surface area is 265 Å². The quantitative estimate of drug-likeness (QED) is 0.118. The van der Waals surface area contributed by atoms with E-state index in [2.05, 4.69) is 9.44 Å². The van der Waals surface area contributed by atoms with Gasteiger partial charge in [0.25, 0.3) is 0 Å². The first kappa shape index (κ1) is 29.3. The number of benzene rings is 4. The fourth-order valence-electron chi connectivity index (χ4n) is 3.04. The molecule has 14 heteroatoms. The molecule has 4 rings (SSSR count). The van der Waals surface area contributed by atoms with E-state index in [1.807, 2.05) is 36.4 Å².